The van der Waals surface area contributed by atoms with Gasteiger partial charge in [0, 0.05) is 41.3 Å². The van der Waals surface area contributed by atoms with Gasteiger partial charge in [-0.25, -0.2) is 15.0 Å². The van der Waals surface area contributed by atoms with Crippen LogP contribution in [0.2, 0.25) is 10.0 Å². The van der Waals surface area contributed by atoms with E-state index in [9.17, 15) is 0 Å². The van der Waals surface area contributed by atoms with Crippen LogP contribution in [0, 0.1) is 0 Å². The molecule has 2 aromatic heterocycles. The summed E-state index contributed by atoms with van der Waals surface area (Å²) in [5, 5.41) is 4.28. The highest BCUT2D eigenvalue weighted by molar-refractivity contribution is 6.35. The Morgan fingerprint density at radius 3 is 2.76 bits per heavy atom. The minimum absolute atomic E-state index is 0.302. The number of hydrogen-bond acceptors (Lipinski definition) is 7. The van der Waals surface area contributed by atoms with Gasteiger partial charge in [-0.1, -0.05) is 42.6 Å². The van der Waals surface area contributed by atoms with Gasteiger partial charge in [0.15, 0.2) is 0 Å². The number of anilines is 1. The number of ether oxygens (including phenoxy) is 3. The van der Waals surface area contributed by atoms with Crippen LogP contribution in [0.3, 0.4) is 0 Å². The van der Waals surface area contributed by atoms with Gasteiger partial charge in [-0.3, -0.25) is 0 Å². The smallest absolute Gasteiger partial charge is 0.223 e. The van der Waals surface area contributed by atoms with Crippen molar-refractivity contribution in [2.24, 2.45) is 0 Å². The summed E-state index contributed by atoms with van der Waals surface area (Å²) in [6, 6.07) is 15.0. The molecule has 1 aliphatic rings. The Bertz CT molecular complexity index is 1340. The second kappa shape index (κ2) is 12.1. The molecule has 38 heavy (non-hydrogen) atoms. The van der Waals surface area contributed by atoms with Crippen molar-refractivity contribution >= 4 is 29.2 Å². The molecule has 0 aliphatic carbocycles. The van der Waals surface area contributed by atoms with Crippen LogP contribution in [0.25, 0.3) is 11.3 Å². The zero-order chi connectivity index (χ0) is 26.4. The number of aromatic nitrogens is 4. The van der Waals surface area contributed by atoms with Crippen LogP contribution in [0.5, 0.6) is 5.75 Å². The zero-order valence-corrected chi connectivity index (χ0v) is 22.5. The van der Waals surface area contributed by atoms with E-state index in [1.165, 1.54) is 0 Å². The summed E-state index contributed by atoms with van der Waals surface area (Å²) in [5.74, 6) is 0.273. The number of hydrogen-bond donors (Lipinski definition) is 1. The largest absolute Gasteiger partial charge is 0.491 e. The molecule has 0 amide bonds. The van der Waals surface area contributed by atoms with Crippen LogP contribution in [-0.4, -0.2) is 45.4 Å². The summed E-state index contributed by atoms with van der Waals surface area (Å²) in [4.78, 5) is 13.1. The normalized spacial score (nSPS) is 19.0. The molecule has 0 unspecified atom stereocenters. The van der Waals surface area contributed by atoms with E-state index in [0.29, 0.717) is 41.3 Å². The molecule has 5 rings (SSSR count). The lowest BCUT2D eigenvalue weighted by Crippen LogP contribution is -2.34. The highest BCUT2D eigenvalue weighted by Crippen LogP contribution is 2.40. The number of nitrogens with one attached hydrogen (secondary N) is 1. The van der Waals surface area contributed by atoms with E-state index in [2.05, 4.69) is 27.2 Å². The minimum atomic E-state index is -1.09. The highest BCUT2D eigenvalue weighted by atomic mass is 35.5. The monoisotopic (exact) mass is 553 g/mol. The van der Waals surface area contributed by atoms with Gasteiger partial charge >= 0.3 is 0 Å². The Balaban J connectivity index is 1.24. The molecule has 2 atom stereocenters. The van der Waals surface area contributed by atoms with Gasteiger partial charge in [0.1, 0.15) is 18.5 Å². The predicted octanol–water partition coefficient (Wildman–Crippen LogP) is 6.21. The first-order chi connectivity index (χ1) is 18.5. The maximum absolute atomic E-state index is 6.55. The van der Waals surface area contributed by atoms with Crippen LogP contribution in [-0.2, 0) is 21.8 Å². The molecule has 198 valence electrons. The maximum atomic E-state index is 6.55. The fourth-order valence-electron chi connectivity index (χ4n) is 4.27. The molecule has 2 aromatic carbocycles. The molecule has 0 spiro atoms. The average Bonchev–Trinajstić information content (AvgIpc) is 3.59. The third-order valence-corrected chi connectivity index (χ3v) is 6.75. The van der Waals surface area contributed by atoms with E-state index in [1.54, 1.807) is 30.9 Å². The van der Waals surface area contributed by atoms with Gasteiger partial charge < -0.3 is 24.1 Å². The molecule has 1 fully saturated rings. The first-order valence-corrected chi connectivity index (χ1v) is 13.3. The molecule has 8 nitrogen and oxygen atoms in total. The molecule has 1 aliphatic heterocycles. The van der Waals surface area contributed by atoms with Gasteiger partial charge in [-0.2, -0.15) is 0 Å². The second-order valence-corrected chi connectivity index (χ2v) is 9.89. The van der Waals surface area contributed by atoms with Gasteiger partial charge in [-0.15, -0.1) is 0 Å². The lowest BCUT2D eigenvalue weighted by Gasteiger charge is -2.30. The lowest BCUT2D eigenvalue weighted by atomic mass is 10.1. The van der Waals surface area contributed by atoms with Crippen molar-refractivity contribution in [3.8, 4) is 17.0 Å². The summed E-state index contributed by atoms with van der Waals surface area (Å²) in [7, 11) is 0. The fraction of sp³-hybridized carbons (Fsp3) is 0.321. The van der Waals surface area contributed by atoms with E-state index >= 15 is 0 Å². The van der Waals surface area contributed by atoms with Gasteiger partial charge in [0.2, 0.25) is 11.7 Å². The molecule has 10 heteroatoms. The summed E-state index contributed by atoms with van der Waals surface area (Å²) in [5.41, 5.74) is 2.54. The van der Waals surface area contributed by atoms with Crippen molar-refractivity contribution in [1.29, 1.82) is 0 Å². The average molecular weight is 554 g/mol. The van der Waals surface area contributed by atoms with Crippen molar-refractivity contribution in [1.82, 2.24) is 19.5 Å². The predicted molar refractivity (Wildman–Crippen MR) is 148 cm³/mol. The maximum Gasteiger partial charge on any atom is 0.223 e. The quantitative estimate of drug-likeness (QED) is 0.221. The molecule has 0 bridgehead atoms. The number of nitrogens with zero attached hydrogens (tertiary/aromatic N) is 4. The Hall–Kier alpha value is -3.17. The number of benzene rings is 2. The van der Waals surface area contributed by atoms with Crippen molar-refractivity contribution in [2.75, 3.05) is 25.1 Å². The third-order valence-electron chi connectivity index (χ3n) is 6.21. The Kier molecular flexibility index (Phi) is 8.44. The summed E-state index contributed by atoms with van der Waals surface area (Å²) in [6.45, 7) is 4.05. The number of rotatable bonds is 11. The highest BCUT2D eigenvalue weighted by Gasteiger charge is 2.45. The van der Waals surface area contributed by atoms with E-state index in [0.717, 1.165) is 36.4 Å². The van der Waals surface area contributed by atoms with Crippen LogP contribution in [0.15, 0.2) is 73.4 Å². The number of unbranched alkanes of at least 4 members (excludes halogenated alkanes) is 1. The van der Waals surface area contributed by atoms with Crippen molar-refractivity contribution in [3.63, 3.8) is 0 Å². The van der Waals surface area contributed by atoms with Crippen molar-refractivity contribution in [3.05, 3.63) is 89.1 Å². The van der Waals surface area contributed by atoms with E-state index < -0.39 is 5.79 Å². The van der Waals surface area contributed by atoms with E-state index in [-0.39, 0.29) is 6.10 Å². The number of halogens is 2. The van der Waals surface area contributed by atoms with Crippen molar-refractivity contribution in [2.45, 2.75) is 38.2 Å². The zero-order valence-electron chi connectivity index (χ0n) is 21.0. The molecule has 0 saturated carbocycles. The van der Waals surface area contributed by atoms with Crippen LogP contribution in [0.4, 0.5) is 5.95 Å². The van der Waals surface area contributed by atoms with Gasteiger partial charge in [0.05, 0.1) is 30.2 Å². The third kappa shape index (κ3) is 6.27. The molecule has 1 N–H and O–H groups in total. The topological polar surface area (TPSA) is 83.3 Å². The van der Waals surface area contributed by atoms with Crippen LogP contribution in [0.1, 0.15) is 25.3 Å². The van der Waals surface area contributed by atoms with Crippen molar-refractivity contribution < 1.29 is 14.2 Å². The summed E-state index contributed by atoms with van der Waals surface area (Å²) >= 11 is 12.7. The van der Waals surface area contributed by atoms with E-state index in [1.807, 2.05) is 47.2 Å². The summed E-state index contributed by atoms with van der Waals surface area (Å²) < 4.78 is 20.7. The summed E-state index contributed by atoms with van der Waals surface area (Å²) in [6.07, 6.45) is 8.93. The minimum Gasteiger partial charge on any atom is -0.491 e. The lowest BCUT2D eigenvalue weighted by molar-refractivity contribution is -0.189. The Morgan fingerprint density at radius 1 is 1.13 bits per heavy atom. The molecule has 0 radical (unpaired) electrons. The fourth-order valence-corrected chi connectivity index (χ4v) is 4.82. The number of imidazole rings is 1. The molecule has 1 saturated heterocycles. The first-order valence-electron chi connectivity index (χ1n) is 12.6. The van der Waals surface area contributed by atoms with Crippen LogP contribution >= 0.6 is 23.2 Å². The van der Waals surface area contributed by atoms with E-state index in [4.69, 9.17) is 37.4 Å². The van der Waals surface area contributed by atoms with Crippen LogP contribution < -0.4 is 10.1 Å². The first kappa shape index (κ1) is 26.4. The molecular formula is C28H29Cl2N5O3. The molecule has 3 heterocycles. The standard InChI is InChI=1S/C28H29Cl2N5O3/c1-2-3-11-32-27-33-12-10-26(34-27)20-4-7-22(8-5-20)36-16-23-17-37-28(38-23,18-35-14-13-31-19-35)24-9-6-21(29)15-25(24)30/h4-10,12-15,19,23H,2-3,11,16-18H2,1H3,(H,32,33,34)/t23-,28-/m1/s1. The SMILES string of the molecule is CCCCNc1nccc(-c2ccc(OC[C@@H]3CO[C@@](Cn4ccnc4)(c4ccc(Cl)cc4Cl)O3)cc2)n1. The molecule has 4 aromatic rings. The van der Waals surface area contributed by atoms with Gasteiger partial charge in [0.25, 0.3) is 0 Å². The Labute approximate surface area is 231 Å². The molecular weight excluding hydrogens is 525 g/mol. The van der Waals surface area contributed by atoms with Gasteiger partial charge in [-0.05, 0) is 48.9 Å². The Morgan fingerprint density at radius 2 is 2.00 bits per heavy atom. The second-order valence-electron chi connectivity index (χ2n) is 9.04.